The van der Waals surface area contributed by atoms with Gasteiger partial charge < -0.3 is 15.8 Å². The lowest BCUT2D eigenvalue weighted by Crippen LogP contribution is -2.29. The molecular formula is C15H23BrN2O2. The van der Waals surface area contributed by atoms with Crippen molar-refractivity contribution in [3.05, 3.63) is 28.2 Å². The van der Waals surface area contributed by atoms with E-state index in [1.165, 1.54) is 0 Å². The molecule has 0 aliphatic rings. The smallest absolute Gasteiger partial charge is 0.257 e. The van der Waals surface area contributed by atoms with Gasteiger partial charge in [0.1, 0.15) is 5.75 Å². The Morgan fingerprint density at radius 2 is 2.25 bits per heavy atom. The van der Waals surface area contributed by atoms with Gasteiger partial charge >= 0.3 is 0 Å². The van der Waals surface area contributed by atoms with Gasteiger partial charge in [-0.2, -0.15) is 0 Å². The van der Waals surface area contributed by atoms with Gasteiger partial charge in [0.15, 0.2) is 6.61 Å². The first-order valence-corrected chi connectivity index (χ1v) is 7.75. The van der Waals surface area contributed by atoms with Crippen LogP contribution in [-0.4, -0.2) is 25.1 Å². The summed E-state index contributed by atoms with van der Waals surface area (Å²) in [6, 6.07) is 5.77. The molecule has 5 heteroatoms. The molecule has 0 radical (unpaired) electrons. The monoisotopic (exact) mass is 342 g/mol. The largest absolute Gasteiger partial charge is 0.484 e. The standard InChI is InChI=1S/C15H23BrN2O2/c1-3-4-7-18-15(19)10-20-13-5-6-14(16)12(9-13)8-11(2)17/h5-6,9,11H,3-4,7-8,10,17H2,1-2H3,(H,18,19). The Kier molecular flexibility index (Phi) is 7.62. The maximum Gasteiger partial charge on any atom is 0.257 e. The second kappa shape index (κ2) is 8.97. The number of nitrogens with one attached hydrogen (secondary N) is 1. The van der Waals surface area contributed by atoms with E-state index in [9.17, 15) is 4.79 Å². The van der Waals surface area contributed by atoms with Gasteiger partial charge in [0.25, 0.3) is 5.91 Å². The second-order valence-electron chi connectivity index (χ2n) is 4.93. The first-order valence-electron chi connectivity index (χ1n) is 6.96. The second-order valence-corrected chi connectivity index (χ2v) is 5.78. The Hall–Kier alpha value is -1.07. The topological polar surface area (TPSA) is 64.3 Å². The number of hydrogen-bond donors (Lipinski definition) is 2. The van der Waals surface area contributed by atoms with Gasteiger partial charge in [-0.3, -0.25) is 4.79 Å². The molecule has 4 nitrogen and oxygen atoms in total. The lowest BCUT2D eigenvalue weighted by molar-refractivity contribution is -0.123. The number of nitrogens with two attached hydrogens (primary N) is 1. The summed E-state index contributed by atoms with van der Waals surface area (Å²) in [6.45, 7) is 4.80. The Bertz CT molecular complexity index is 436. The SMILES string of the molecule is CCCCNC(=O)COc1ccc(Br)c(CC(C)N)c1. The van der Waals surface area contributed by atoms with Gasteiger partial charge in [0.2, 0.25) is 0 Å². The maximum absolute atomic E-state index is 11.6. The van der Waals surface area contributed by atoms with Gasteiger partial charge in [-0.05, 0) is 43.5 Å². The van der Waals surface area contributed by atoms with E-state index in [2.05, 4.69) is 28.2 Å². The van der Waals surface area contributed by atoms with E-state index < -0.39 is 0 Å². The van der Waals surface area contributed by atoms with E-state index in [1.807, 2.05) is 25.1 Å². The molecule has 112 valence electrons. The molecule has 0 aromatic heterocycles. The number of unbranched alkanes of at least 4 members (excludes halogenated alkanes) is 1. The zero-order chi connectivity index (χ0) is 15.0. The summed E-state index contributed by atoms with van der Waals surface area (Å²) in [5.41, 5.74) is 6.89. The van der Waals surface area contributed by atoms with Crippen molar-refractivity contribution in [2.24, 2.45) is 5.73 Å². The summed E-state index contributed by atoms with van der Waals surface area (Å²) in [7, 11) is 0. The number of ether oxygens (including phenoxy) is 1. The molecule has 0 aliphatic carbocycles. The van der Waals surface area contributed by atoms with Gasteiger partial charge in [-0.15, -0.1) is 0 Å². The number of benzene rings is 1. The van der Waals surface area contributed by atoms with Crippen LogP contribution in [-0.2, 0) is 11.2 Å². The molecule has 0 spiro atoms. The molecule has 0 bridgehead atoms. The average molecular weight is 343 g/mol. The van der Waals surface area contributed by atoms with E-state index >= 15 is 0 Å². The van der Waals surface area contributed by atoms with E-state index in [4.69, 9.17) is 10.5 Å². The third-order valence-corrected chi connectivity index (χ3v) is 3.56. The molecular weight excluding hydrogens is 320 g/mol. The highest BCUT2D eigenvalue weighted by molar-refractivity contribution is 9.10. The van der Waals surface area contributed by atoms with Crippen molar-refractivity contribution in [2.45, 2.75) is 39.2 Å². The summed E-state index contributed by atoms with van der Waals surface area (Å²) in [5.74, 6) is 0.601. The quantitative estimate of drug-likeness (QED) is 0.713. The van der Waals surface area contributed by atoms with Crippen molar-refractivity contribution in [3.63, 3.8) is 0 Å². The molecule has 0 fully saturated rings. The van der Waals surface area contributed by atoms with Crippen molar-refractivity contribution in [1.82, 2.24) is 5.32 Å². The van der Waals surface area contributed by atoms with Crippen LogP contribution >= 0.6 is 15.9 Å². The minimum atomic E-state index is -0.0879. The Morgan fingerprint density at radius 1 is 1.50 bits per heavy atom. The van der Waals surface area contributed by atoms with Gasteiger partial charge in [0.05, 0.1) is 0 Å². The number of rotatable bonds is 8. The summed E-state index contributed by atoms with van der Waals surface area (Å²) < 4.78 is 6.51. The summed E-state index contributed by atoms with van der Waals surface area (Å²) in [5, 5.41) is 2.82. The van der Waals surface area contributed by atoms with Crippen LogP contribution in [0.2, 0.25) is 0 Å². The van der Waals surface area contributed by atoms with Crippen LogP contribution in [0.3, 0.4) is 0 Å². The van der Waals surface area contributed by atoms with Crippen molar-refractivity contribution in [2.75, 3.05) is 13.2 Å². The van der Waals surface area contributed by atoms with Crippen molar-refractivity contribution in [3.8, 4) is 5.75 Å². The Balaban J connectivity index is 2.49. The minimum absolute atomic E-state index is 0.0446. The number of carbonyl (C=O) groups is 1. The molecule has 0 aliphatic heterocycles. The molecule has 1 aromatic carbocycles. The summed E-state index contributed by atoms with van der Waals surface area (Å²) in [4.78, 5) is 11.6. The molecule has 1 unspecified atom stereocenters. The van der Waals surface area contributed by atoms with Crippen LogP contribution in [0.15, 0.2) is 22.7 Å². The highest BCUT2D eigenvalue weighted by Crippen LogP contribution is 2.23. The number of carbonyl (C=O) groups excluding carboxylic acids is 1. The van der Waals surface area contributed by atoms with E-state index in [1.54, 1.807) is 0 Å². The van der Waals surface area contributed by atoms with Crippen LogP contribution in [0.25, 0.3) is 0 Å². The predicted octanol–water partition coefficient (Wildman–Crippen LogP) is 2.63. The first-order chi connectivity index (χ1) is 9.52. The molecule has 0 saturated heterocycles. The van der Waals surface area contributed by atoms with Crippen molar-refractivity contribution >= 4 is 21.8 Å². The van der Waals surface area contributed by atoms with Gasteiger partial charge in [0, 0.05) is 17.1 Å². The van der Waals surface area contributed by atoms with Crippen LogP contribution in [0.4, 0.5) is 0 Å². The predicted molar refractivity (Wildman–Crippen MR) is 84.9 cm³/mol. The molecule has 1 rings (SSSR count). The fourth-order valence-electron chi connectivity index (χ4n) is 1.75. The normalized spacial score (nSPS) is 12.0. The third kappa shape index (κ3) is 6.39. The summed E-state index contributed by atoms with van der Waals surface area (Å²) in [6.07, 6.45) is 2.82. The third-order valence-electron chi connectivity index (χ3n) is 2.78. The molecule has 20 heavy (non-hydrogen) atoms. The fourth-order valence-corrected chi connectivity index (χ4v) is 2.16. The Labute approximate surface area is 129 Å². The van der Waals surface area contributed by atoms with Crippen molar-refractivity contribution in [1.29, 1.82) is 0 Å². The number of amides is 1. The first kappa shape index (κ1) is 17.0. The number of hydrogen-bond acceptors (Lipinski definition) is 3. The van der Waals surface area contributed by atoms with E-state index in [-0.39, 0.29) is 18.6 Å². The van der Waals surface area contributed by atoms with Crippen molar-refractivity contribution < 1.29 is 9.53 Å². The van der Waals surface area contributed by atoms with Crippen LogP contribution < -0.4 is 15.8 Å². The average Bonchev–Trinajstić information content (AvgIpc) is 2.39. The van der Waals surface area contributed by atoms with Crippen LogP contribution in [0.1, 0.15) is 32.3 Å². The fraction of sp³-hybridized carbons (Fsp3) is 0.533. The lowest BCUT2D eigenvalue weighted by atomic mass is 10.1. The highest BCUT2D eigenvalue weighted by Gasteiger charge is 2.07. The molecule has 1 atom stereocenters. The van der Waals surface area contributed by atoms with Crippen LogP contribution in [0.5, 0.6) is 5.75 Å². The maximum atomic E-state index is 11.6. The zero-order valence-electron chi connectivity index (χ0n) is 12.1. The van der Waals surface area contributed by atoms with Gasteiger partial charge in [-0.25, -0.2) is 0 Å². The lowest BCUT2D eigenvalue weighted by Gasteiger charge is -2.11. The zero-order valence-corrected chi connectivity index (χ0v) is 13.7. The molecule has 0 saturated carbocycles. The van der Waals surface area contributed by atoms with Gasteiger partial charge in [-0.1, -0.05) is 29.3 Å². The summed E-state index contributed by atoms with van der Waals surface area (Å²) >= 11 is 3.49. The van der Waals surface area contributed by atoms with E-state index in [0.717, 1.165) is 29.3 Å². The molecule has 3 N–H and O–H groups in total. The highest BCUT2D eigenvalue weighted by atomic mass is 79.9. The number of halogens is 1. The minimum Gasteiger partial charge on any atom is -0.484 e. The molecule has 1 amide bonds. The molecule has 1 aromatic rings. The molecule has 0 heterocycles. The van der Waals surface area contributed by atoms with Crippen LogP contribution in [0, 0.1) is 0 Å². The Morgan fingerprint density at radius 3 is 2.90 bits per heavy atom. The van der Waals surface area contributed by atoms with E-state index in [0.29, 0.717) is 12.3 Å².